The van der Waals surface area contributed by atoms with Crippen molar-refractivity contribution in [3.63, 3.8) is 0 Å². The molecule has 7 nitrogen and oxygen atoms in total. The zero-order valence-corrected chi connectivity index (χ0v) is 18.4. The first-order valence-electron chi connectivity index (χ1n) is 10.5. The van der Waals surface area contributed by atoms with Gasteiger partial charge in [-0.15, -0.1) is 0 Å². The van der Waals surface area contributed by atoms with Crippen LogP contribution in [0.5, 0.6) is 0 Å². The lowest BCUT2D eigenvalue weighted by Crippen LogP contribution is -2.52. The number of carboxylic acid groups (broad SMARTS) is 1. The molecule has 2 N–H and O–H groups in total. The Morgan fingerprint density at radius 3 is 1.97 bits per heavy atom. The second-order valence-electron chi connectivity index (χ2n) is 8.23. The maximum atomic E-state index is 13.5. The van der Waals surface area contributed by atoms with Crippen LogP contribution in [0.2, 0.25) is 5.02 Å². The summed E-state index contributed by atoms with van der Waals surface area (Å²) in [4.78, 5) is 53.2. The standard InChI is InChI=1S/C26H18ClNO6/c27-15-12-10-14(11-13-15)21-19(24(31)28-16-6-2-1-3-7-16)20(25(32)33)26(34-21)22(29)17-8-4-5-9-18(17)23(26)30/h1-13,19-21H,(H,28,31)(H,32,33). The maximum absolute atomic E-state index is 13.5. The van der Waals surface area contributed by atoms with Crippen molar-refractivity contribution in [2.75, 3.05) is 5.32 Å². The number of ether oxygens (including phenoxy) is 1. The van der Waals surface area contributed by atoms with Gasteiger partial charge in [0.15, 0.2) is 0 Å². The van der Waals surface area contributed by atoms with E-state index >= 15 is 0 Å². The molecule has 0 saturated carbocycles. The van der Waals surface area contributed by atoms with Crippen LogP contribution in [0.1, 0.15) is 32.4 Å². The summed E-state index contributed by atoms with van der Waals surface area (Å²) >= 11 is 6.01. The van der Waals surface area contributed by atoms with Crippen molar-refractivity contribution in [1.29, 1.82) is 0 Å². The number of nitrogens with one attached hydrogen (secondary N) is 1. The van der Waals surface area contributed by atoms with Gasteiger partial charge in [-0.3, -0.25) is 19.2 Å². The molecule has 3 aromatic carbocycles. The zero-order valence-electron chi connectivity index (χ0n) is 17.6. The molecule has 1 heterocycles. The Morgan fingerprint density at radius 2 is 1.41 bits per heavy atom. The van der Waals surface area contributed by atoms with E-state index in [1.54, 1.807) is 66.7 Å². The minimum atomic E-state index is -2.35. The second kappa shape index (κ2) is 8.20. The molecule has 3 unspecified atom stereocenters. The van der Waals surface area contributed by atoms with Gasteiger partial charge in [-0.05, 0) is 29.8 Å². The molecule has 0 bridgehead atoms. The summed E-state index contributed by atoms with van der Waals surface area (Å²) in [5.41, 5.74) is -1.31. The predicted octanol–water partition coefficient (Wildman–Crippen LogP) is 4.19. The molecule has 1 spiro atoms. The molecule has 2 aliphatic rings. The molecule has 1 aliphatic heterocycles. The number of Topliss-reactive ketones (excluding diaryl/α,β-unsaturated/α-hetero) is 2. The topological polar surface area (TPSA) is 110 Å². The number of fused-ring (bicyclic) bond motifs is 1. The number of carbonyl (C=O) groups excluding carboxylic acids is 3. The second-order valence-corrected chi connectivity index (χ2v) is 8.66. The van der Waals surface area contributed by atoms with Gasteiger partial charge in [0.25, 0.3) is 0 Å². The number of rotatable bonds is 4. The smallest absolute Gasteiger partial charge is 0.311 e. The molecule has 170 valence electrons. The first kappa shape index (κ1) is 22.0. The molecule has 0 radical (unpaired) electrons. The summed E-state index contributed by atoms with van der Waals surface area (Å²) in [5.74, 6) is -6.78. The maximum Gasteiger partial charge on any atom is 0.311 e. The molecule has 5 rings (SSSR count). The predicted molar refractivity (Wildman–Crippen MR) is 123 cm³/mol. The third-order valence-electron chi connectivity index (χ3n) is 6.34. The van der Waals surface area contributed by atoms with E-state index in [1.165, 1.54) is 12.1 Å². The van der Waals surface area contributed by atoms with Gasteiger partial charge in [0.1, 0.15) is 5.92 Å². The van der Waals surface area contributed by atoms with E-state index in [4.69, 9.17) is 16.3 Å². The third-order valence-corrected chi connectivity index (χ3v) is 6.59. The highest BCUT2D eigenvalue weighted by Gasteiger charge is 2.71. The van der Waals surface area contributed by atoms with E-state index in [1.807, 2.05) is 0 Å². The number of halogens is 1. The van der Waals surface area contributed by atoms with E-state index < -0.39 is 47.0 Å². The average molecular weight is 476 g/mol. The van der Waals surface area contributed by atoms with E-state index in [2.05, 4.69) is 5.32 Å². The van der Waals surface area contributed by atoms with Gasteiger partial charge >= 0.3 is 5.97 Å². The lowest BCUT2D eigenvalue weighted by atomic mass is 9.75. The van der Waals surface area contributed by atoms with Crippen molar-refractivity contribution in [1.82, 2.24) is 0 Å². The Balaban J connectivity index is 1.66. The van der Waals surface area contributed by atoms with Crippen LogP contribution in [-0.2, 0) is 14.3 Å². The van der Waals surface area contributed by atoms with E-state index in [9.17, 15) is 24.3 Å². The van der Waals surface area contributed by atoms with Crippen LogP contribution >= 0.6 is 11.6 Å². The molecular formula is C26H18ClNO6. The van der Waals surface area contributed by atoms with Gasteiger partial charge in [0.05, 0.1) is 12.0 Å². The first-order chi connectivity index (χ1) is 16.3. The number of anilines is 1. The number of carbonyl (C=O) groups is 4. The zero-order chi connectivity index (χ0) is 24.0. The molecule has 1 aliphatic carbocycles. The normalized spacial score (nSPS) is 22.6. The number of ketones is 2. The fourth-order valence-electron chi connectivity index (χ4n) is 4.84. The Bertz CT molecular complexity index is 1290. The summed E-state index contributed by atoms with van der Waals surface area (Å²) in [6.45, 7) is 0. The lowest BCUT2D eigenvalue weighted by Gasteiger charge is -2.25. The fourth-order valence-corrected chi connectivity index (χ4v) is 4.96. The highest BCUT2D eigenvalue weighted by Crippen LogP contribution is 2.54. The lowest BCUT2D eigenvalue weighted by molar-refractivity contribution is -0.147. The van der Waals surface area contributed by atoms with Gasteiger partial charge < -0.3 is 15.2 Å². The summed E-state index contributed by atoms with van der Waals surface area (Å²) in [5, 5.41) is 13.4. The molecule has 1 fully saturated rings. The third kappa shape index (κ3) is 3.24. The molecule has 8 heteroatoms. The minimum absolute atomic E-state index is 0.0812. The molecule has 1 amide bonds. The average Bonchev–Trinajstić information content (AvgIpc) is 3.31. The van der Waals surface area contributed by atoms with Crippen LogP contribution in [0.15, 0.2) is 78.9 Å². The molecule has 3 atom stereocenters. The molecule has 34 heavy (non-hydrogen) atoms. The number of para-hydroxylation sites is 1. The van der Waals surface area contributed by atoms with Gasteiger partial charge in [-0.25, -0.2) is 0 Å². The Labute approximate surface area is 199 Å². The number of amides is 1. The van der Waals surface area contributed by atoms with Crippen molar-refractivity contribution in [2.24, 2.45) is 11.8 Å². The van der Waals surface area contributed by atoms with E-state index in [-0.39, 0.29) is 11.1 Å². The minimum Gasteiger partial charge on any atom is -0.481 e. The van der Waals surface area contributed by atoms with Crippen LogP contribution in [0.25, 0.3) is 0 Å². The van der Waals surface area contributed by atoms with Crippen molar-refractivity contribution in [3.05, 3.63) is 101 Å². The van der Waals surface area contributed by atoms with Crippen LogP contribution in [0, 0.1) is 11.8 Å². The largest absolute Gasteiger partial charge is 0.481 e. The van der Waals surface area contributed by atoms with E-state index in [0.29, 0.717) is 16.3 Å². The van der Waals surface area contributed by atoms with Crippen molar-refractivity contribution >= 4 is 40.7 Å². The van der Waals surface area contributed by atoms with Gasteiger partial charge in [-0.2, -0.15) is 0 Å². The molecule has 0 aromatic heterocycles. The van der Waals surface area contributed by atoms with Gasteiger partial charge in [0.2, 0.25) is 23.1 Å². The van der Waals surface area contributed by atoms with Crippen LogP contribution in [0.3, 0.4) is 0 Å². The Hall–Kier alpha value is -3.81. The van der Waals surface area contributed by atoms with Gasteiger partial charge in [0, 0.05) is 21.8 Å². The fraction of sp³-hybridized carbons (Fsp3) is 0.154. The first-order valence-corrected chi connectivity index (χ1v) is 10.9. The van der Waals surface area contributed by atoms with Crippen LogP contribution in [0.4, 0.5) is 5.69 Å². The van der Waals surface area contributed by atoms with Crippen molar-refractivity contribution in [3.8, 4) is 0 Å². The van der Waals surface area contributed by atoms with Crippen LogP contribution in [-0.4, -0.2) is 34.2 Å². The van der Waals surface area contributed by atoms with E-state index in [0.717, 1.165) is 0 Å². The number of carboxylic acids is 1. The van der Waals surface area contributed by atoms with Gasteiger partial charge in [-0.1, -0.05) is 66.2 Å². The van der Waals surface area contributed by atoms with Crippen molar-refractivity contribution in [2.45, 2.75) is 11.7 Å². The highest BCUT2D eigenvalue weighted by atomic mass is 35.5. The summed E-state index contributed by atoms with van der Waals surface area (Å²) in [7, 11) is 0. The molecular weight excluding hydrogens is 458 g/mol. The van der Waals surface area contributed by atoms with Crippen LogP contribution < -0.4 is 5.32 Å². The quantitative estimate of drug-likeness (QED) is 0.548. The summed E-state index contributed by atoms with van der Waals surface area (Å²) in [6.07, 6.45) is -1.18. The number of hydrogen-bond acceptors (Lipinski definition) is 5. The monoisotopic (exact) mass is 475 g/mol. The SMILES string of the molecule is O=C(Nc1ccccc1)C1C(c2ccc(Cl)cc2)OC2(C(=O)c3ccccc3C2=O)C1C(=O)O. The number of hydrogen-bond donors (Lipinski definition) is 2. The Morgan fingerprint density at radius 1 is 0.853 bits per heavy atom. The number of aliphatic carboxylic acids is 1. The summed E-state index contributed by atoms with van der Waals surface area (Å²) in [6, 6.07) is 20.9. The molecule has 3 aromatic rings. The van der Waals surface area contributed by atoms with Crippen molar-refractivity contribution < 1.29 is 29.0 Å². The number of benzene rings is 3. The molecule has 1 saturated heterocycles. The highest BCUT2D eigenvalue weighted by molar-refractivity contribution is 6.34. The summed E-state index contributed by atoms with van der Waals surface area (Å²) < 4.78 is 6.10. The Kier molecular flexibility index (Phi) is 5.31.